The molecule has 0 saturated carbocycles. The second-order valence-electron chi connectivity index (χ2n) is 4.84. The molecule has 0 aliphatic heterocycles. The van der Waals surface area contributed by atoms with Crippen molar-refractivity contribution in [2.24, 2.45) is 17.2 Å². The highest BCUT2D eigenvalue weighted by molar-refractivity contribution is 5.75. The van der Waals surface area contributed by atoms with Gasteiger partial charge in [0.2, 0.25) is 0 Å². The van der Waals surface area contributed by atoms with E-state index in [4.69, 9.17) is 30.6 Å². The van der Waals surface area contributed by atoms with Crippen molar-refractivity contribution in [2.45, 2.75) is 12.0 Å². The molecular weight excluding hydrogens is 342 g/mol. The van der Waals surface area contributed by atoms with Crippen LogP contribution >= 0.6 is 0 Å². The predicted molar refractivity (Wildman–Crippen MR) is 94.8 cm³/mol. The number of amides is 2. The number of carboxylic acid groups (broad SMARTS) is 3. The van der Waals surface area contributed by atoms with Crippen LogP contribution in [0, 0.1) is 0 Å². The minimum atomic E-state index is -1.33. The molecule has 0 aliphatic carbocycles. The molecule has 0 heterocycles. The minimum Gasteiger partial charge on any atom is -0.480 e. The third-order valence-electron chi connectivity index (χ3n) is 2.96. The summed E-state index contributed by atoms with van der Waals surface area (Å²) in [7, 11) is 0. The van der Waals surface area contributed by atoms with Crippen molar-refractivity contribution in [3.8, 4) is 0 Å². The molecule has 0 bridgehead atoms. The summed E-state index contributed by atoms with van der Waals surface area (Å²) in [5, 5.41) is 23.5. The van der Waals surface area contributed by atoms with Crippen LogP contribution in [0.5, 0.6) is 0 Å². The summed E-state index contributed by atoms with van der Waals surface area (Å²) in [5.41, 5.74) is 15.7. The lowest BCUT2D eigenvalue weighted by Crippen LogP contribution is -2.37. The van der Waals surface area contributed by atoms with Crippen molar-refractivity contribution in [3.63, 3.8) is 0 Å². The third kappa shape index (κ3) is 9.53. The van der Waals surface area contributed by atoms with Gasteiger partial charge in [0, 0.05) is 5.92 Å². The van der Waals surface area contributed by atoms with Crippen LogP contribution in [0.4, 0.5) is 9.59 Å². The smallest absolute Gasteiger partial charge is 0.402 e. The van der Waals surface area contributed by atoms with Crippen molar-refractivity contribution in [2.75, 3.05) is 0 Å². The first-order valence-electron chi connectivity index (χ1n) is 7.21. The van der Waals surface area contributed by atoms with E-state index >= 15 is 0 Å². The Bertz CT molecular complexity index is 635. The molecule has 2 aromatic carbocycles. The topological polar surface area (TPSA) is 190 Å². The Morgan fingerprint density at radius 2 is 0.962 bits per heavy atom. The van der Waals surface area contributed by atoms with Gasteiger partial charge in [-0.2, -0.15) is 0 Å². The van der Waals surface area contributed by atoms with Gasteiger partial charge in [-0.15, -0.1) is 0 Å². The fourth-order valence-corrected chi connectivity index (χ4v) is 2.07. The van der Waals surface area contributed by atoms with Crippen LogP contribution in [0.1, 0.15) is 17.0 Å². The standard InChI is InChI=1S/C15H15NO2.2CH3NO2/c16-14(15(17)18)13(11-7-3-1-4-8-11)12-9-5-2-6-10-12;2*2-1(3)4/h1-10,13-14H,16H2,(H,17,18);2*2H2,(H,3,4)/t14-;;/m0../s1. The SMILES string of the molecule is NC(=O)O.NC(=O)O.N[C@H](C(=O)O)C(c1ccccc1)c1ccccc1. The summed E-state index contributed by atoms with van der Waals surface area (Å²) in [4.78, 5) is 28.7. The fraction of sp³-hybridized carbons (Fsp3) is 0.118. The molecule has 0 aliphatic rings. The molecule has 140 valence electrons. The number of hydrogen-bond acceptors (Lipinski definition) is 4. The Labute approximate surface area is 149 Å². The van der Waals surface area contributed by atoms with Gasteiger partial charge >= 0.3 is 18.2 Å². The maximum absolute atomic E-state index is 11.2. The summed E-state index contributed by atoms with van der Waals surface area (Å²) >= 11 is 0. The molecule has 9 N–H and O–H groups in total. The van der Waals surface area contributed by atoms with Gasteiger partial charge in [0.05, 0.1) is 0 Å². The van der Waals surface area contributed by atoms with Gasteiger partial charge in [-0.25, -0.2) is 9.59 Å². The largest absolute Gasteiger partial charge is 0.480 e. The summed E-state index contributed by atoms with van der Waals surface area (Å²) in [6.45, 7) is 0. The number of aliphatic carboxylic acids is 1. The summed E-state index contributed by atoms with van der Waals surface area (Å²) in [6.07, 6.45) is -2.67. The monoisotopic (exact) mass is 363 g/mol. The molecule has 2 amide bonds. The van der Waals surface area contributed by atoms with E-state index in [0.717, 1.165) is 11.1 Å². The average Bonchev–Trinajstić information content (AvgIpc) is 2.56. The average molecular weight is 363 g/mol. The van der Waals surface area contributed by atoms with Crippen molar-refractivity contribution in [3.05, 3.63) is 71.8 Å². The zero-order valence-electron chi connectivity index (χ0n) is 13.7. The van der Waals surface area contributed by atoms with Crippen LogP contribution < -0.4 is 17.2 Å². The number of carbonyl (C=O) groups is 3. The number of benzene rings is 2. The van der Waals surface area contributed by atoms with Crippen molar-refractivity contribution < 1.29 is 29.7 Å². The van der Waals surface area contributed by atoms with Crippen LogP contribution in [0.2, 0.25) is 0 Å². The Hall–Kier alpha value is -3.59. The van der Waals surface area contributed by atoms with Crippen LogP contribution in [-0.4, -0.2) is 39.5 Å². The fourth-order valence-electron chi connectivity index (χ4n) is 2.07. The first-order valence-corrected chi connectivity index (χ1v) is 7.21. The highest BCUT2D eigenvalue weighted by Gasteiger charge is 2.26. The van der Waals surface area contributed by atoms with Crippen LogP contribution in [0.25, 0.3) is 0 Å². The number of carboxylic acids is 1. The van der Waals surface area contributed by atoms with E-state index in [9.17, 15) is 4.79 Å². The van der Waals surface area contributed by atoms with E-state index in [1.165, 1.54) is 0 Å². The Kier molecular flexibility index (Phi) is 10.2. The summed E-state index contributed by atoms with van der Waals surface area (Å²) < 4.78 is 0. The van der Waals surface area contributed by atoms with Gasteiger partial charge in [-0.05, 0) is 11.1 Å². The lowest BCUT2D eigenvalue weighted by atomic mass is 9.85. The molecule has 0 unspecified atom stereocenters. The number of nitrogens with two attached hydrogens (primary N) is 3. The molecule has 0 saturated heterocycles. The van der Waals surface area contributed by atoms with E-state index < -0.39 is 24.2 Å². The minimum absolute atomic E-state index is 0.329. The van der Waals surface area contributed by atoms with E-state index in [0.29, 0.717) is 0 Å². The van der Waals surface area contributed by atoms with Gasteiger partial charge < -0.3 is 32.5 Å². The zero-order valence-corrected chi connectivity index (χ0v) is 13.7. The summed E-state index contributed by atoms with van der Waals surface area (Å²) in [5.74, 6) is -1.32. The Morgan fingerprint density at radius 1 is 0.692 bits per heavy atom. The molecule has 26 heavy (non-hydrogen) atoms. The molecule has 0 fully saturated rings. The highest BCUT2D eigenvalue weighted by Crippen LogP contribution is 2.27. The van der Waals surface area contributed by atoms with E-state index in [1.54, 1.807) is 0 Å². The van der Waals surface area contributed by atoms with Crippen LogP contribution in [0.15, 0.2) is 60.7 Å². The maximum Gasteiger partial charge on any atom is 0.402 e. The van der Waals surface area contributed by atoms with Crippen molar-refractivity contribution >= 4 is 18.2 Å². The normalized spacial score (nSPS) is 10.4. The predicted octanol–water partition coefficient (Wildman–Crippen LogP) is 1.48. The number of hydrogen-bond donors (Lipinski definition) is 6. The number of primary amides is 2. The first-order chi connectivity index (χ1) is 12.2. The Balaban J connectivity index is 0.000000662. The molecule has 0 aromatic heterocycles. The number of rotatable bonds is 4. The van der Waals surface area contributed by atoms with Gasteiger partial charge in [0.1, 0.15) is 6.04 Å². The van der Waals surface area contributed by atoms with Gasteiger partial charge in [-0.3, -0.25) is 4.79 Å². The van der Waals surface area contributed by atoms with E-state index in [-0.39, 0.29) is 5.92 Å². The third-order valence-corrected chi connectivity index (χ3v) is 2.96. The van der Waals surface area contributed by atoms with Gasteiger partial charge in [0.25, 0.3) is 0 Å². The van der Waals surface area contributed by atoms with Crippen LogP contribution in [0.3, 0.4) is 0 Å². The highest BCUT2D eigenvalue weighted by atomic mass is 16.4. The molecule has 9 nitrogen and oxygen atoms in total. The molecule has 2 aromatic rings. The molecule has 2 rings (SSSR count). The first kappa shape index (κ1) is 22.4. The molecule has 0 radical (unpaired) electrons. The van der Waals surface area contributed by atoms with Gasteiger partial charge in [-0.1, -0.05) is 60.7 Å². The molecule has 1 atom stereocenters. The molecular formula is C17H21N3O6. The van der Waals surface area contributed by atoms with Crippen molar-refractivity contribution in [1.29, 1.82) is 0 Å². The lowest BCUT2D eigenvalue weighted by molar-refractivity contribution is -0.138. The van der Waals surface area contributed by atoms with Crippen molar-refractivity contribution in [1.82, 2.24) is 0 Å². The van der Waals surface area contributed by atoms with Gasteiger partial charge in [0.15, 0.2) is 0 Å². The zero-order chi connectivity index (χ0) is 20.1. The second-order valence-corrected chi connectivity index (χ2v) is 4.84. The maximum atomic E-state index is 11.2. The van der Waals surface area contributed by atoms with Crippen LogP contribution in [-0.2, 0) is 4.79 Å². The van der Waals surface area contributed by atoms with E-state index in [1.807, 2.05) is 60.7 Å². The molecule has 0 spiro atoms. The summed E-state index contributed by atoms with van der Waals surface area (Å²) in [6, 6.07) is 18.0. The second kappa shape index (κ2) is 11.9. The quantitative estimate of drug-likeness (QED) is 0.473. The van der Waals surface area contributed by atoms with E-state index in [2.05, 4.69) is 11.5 Å². The molecule has 9 heteroatoms. The lowest BCUT2D eigenvalue weighted by Gasteiger charge is -2.21. The Morgan fingerprint density at radius 3 is 1.19 bits per heavy atom.